The Hall–Kier alpha value is -4.53. The largest absolute Gasteiger partial charge is 0.505 e. The second-order valence-corrected chi connectivity index (χ2v) is 12.2. The molecule has 0 saturated carbocycles. The maximum Gasteiger partial charge on any atom is 0.120 e. The maximum atomic E-state index is 13.2. The van der Waals surface area contributed by atoms with E-state index in [1.165, 1.54) is 35.7 Å². The van der Waals surface area contributed by atoms with Gasteiger partial charge in [-0.25, -0.2) is 4.98 Å². The quantitative estimate of drug-likeness (QED) is 0.115. The van der Waals surface area contributed by atoms with Gasteiger partial charge in [-0.2, -0.15) is 25.5 Å². The summed E-state index contributed by atoms with van der Waals surface area (Å²) < 4.78 is 28.5. The van der Waals surface area contributed by atoms with Gasteiger partial charge in [0, 0.05) is 66.9 Å². The first-order chi connectivity index (χ1) is 23.6. The summed E-state index contributed by atoms with van der Waals surface area (Å²) in [6, 6.07) is 26.2. The molecule has 0 fully saturated rings. The molecule has 7 nitrogen and oxygen atoms in total. The molecule has 0 bridgehead atoms. The van der Waals surface area contributed by atoms with E-state index >= 15 is 0 Å². The van der Waals surface area contributed by atoms with Crippen molar-refractivity contribution in [2.75, 3.05) is 22.9 Å². The minimum absolute atomic E-state index is 0. The van der Waals surface area contributed by atoms with E-state index in [2.05, 4.69) is 100 Å². The molecule has 2 aliphatic rings. The zero-order valence-corrected chi connectivity index (χ0v) is 31.5. The van der Waals surface area contributed by atoms with Crippen LogP contribution in [0.25, 0.3) is 16.9 Å². The van der Waals surface area contributed by atoms with Gasteiger partial charge >= 0.3 is 0 Å². The molecule has 2 aromatic heterocycles. The Kier molecular flexibility index (Phi) is 11.8. The minimum Gasteiger partial charge on any atom is -0.505 e. The first kappa shape index (κ1) is 36.7. The van der Waals surface area contributed by atoms with Crippen molar-refractivity contribution in [3.8, 4) is 11.3 Å². The number of benzene rings is 3. The number of rotatable bonds is 8. The molecule has 50 heavy (non-hydrogen) atoms. The molecule has 263 valence electrons. The van der Waals surface area contributed by atoms with E-state index in [-0.39, 0.29) is 31.7 Å². The number of unbranched alkanes of at least 4 members (excludes halogenated alkanes) is 1. The van der Waals surface area contributed by atoms with E-state index in [1.807, 2.05) is 37.4 Å². The molecule has 1 radical (unpaired) electrons. The van der Waals surface area contributed by atoms with Gasteiger partial charge in [0.15, 0.2) is 0 Å². The Labute approximate surface area is 307 Å². The van der Waals surface area contributed by atoms with E-state index in [9.17, 15) is 8.78 Å². The van der Waals surface area contributed by atoms with Gasteiger partial charge in [0.1, 0.15) is 5.65 Å². The molecule has 0 aliphatic carbocycles. The van der Waals surface area contributed by atoms with Crippen LogP contribution in [0.2, 0.25) is 0 Å². The van der Waals surface area contributed by atoms with Gasteiger partial charge in [-0.1, -0.05) is 0 Å². The predicted molar refractivity (Wildman–Crippen MR) is 190 cm³/mol. The summed E-state index contributed by atoms with van der Waals surface area (Å²) in [6.07, 6.45) is 5.80. The van der Waals surface area contributed by atoms with Crippen molar-refractivity contribution in [2.45, 2.75) is 54.4 Å². The van der Waals surface area contributed by atoms with Gasteiger partial charge in [-0.15, -0.1) is 83.7 Å². The summed E-state index contributed by atoms with van der Waals surface area (Å²) in [4.78, 5) is 17.6. The number of allylic oxidation sites excluding steroid dienone is 4. The first-order valence-electron chi connectivity index (χ1n) is 16.4. The summed E-state index contributed by atoms with van der Waals surface area (Å²) in [5.74, 6) is -0.560. The molecular weight excluding hydrogens is 809 g/mol. The first-order valence-corrected chi connectivity index (χ1v) is 16.4. The SMILES string of the molecule is CC1=C(C)N(c2[c-]cc(F)cc2)[CH-]N1CCCCN1[CH-]N(c2[c-]cc(F)cc2)C(C)=C1C.Cc1nc2c(-c3[c-]cccc3)nccn2c1C.[Ir]. The van der Waals surface area contributed by atoms with E-state index in [0.717, 1.165) is 77.0 Å². The van der Waals surface area contributed by atoms with Crippen LogP contribution in [0.15, 0.2) is 95.8 Å². The summed E-state index contributed by atoms with van der Waals surface area (Å²) in [6.45, 7) is 18.4. The fourth-order valence-electron chi connectivity index (χ4n) is 5.92. The Bertz CT molecular complexity index is 1890. The fraction of sp³-hybridized carbons (Fsp3) is 0.250. The zero-order chi connectivity index (χ0) is 34.7. The number of hydrogen-bond donors (Lipinski definition) is 0. The van der Waals surface area contributed by atoms with Crippen molar-refractivity contribution in [1.29, 1.82) is 0 Å². The van der Waals surface area contributed by atoms with Crippen LogP contribution in [0.1, 0.15) is 51.9 Å². The molecule has 0 amide bonds. The molecule has 10 heteroatoms. The van der Waals surface area contributed by atoms with Crippen molar-refractivity contribution in [2.24, 2.45) is 0 Å². The number of anilines is 2. The second-order valence-electron chi connectivity index (χ2n) is 12.2. The molecule has 7 rings (SSSR count). The normalized spacial score (nSPS) is 14.5. The molecule has 4 heterocycles. The van der Waals surface area contributed by atoms with Crippen molar-refractivity contribution >= 4 is 17.0 Å². The Morgan fingerprint density at radius 1 is 0.700 bits per heavy atom. The molecule has 0 N–H and O–H groups in total. The summed E-state index contributed by atoms with van der Waals surface area (Å²) in [5, 5.41) is 0. The van der Waals surface area contributed by atoms with Crippen LogP contribution in [-0.4, -0.2) is 37.3 Å². The monoisotopic (exact) mass is 849 g/mol. The third-order valence-electron chi connectivity index (χ3n) is 9.21. The molecule has 3 aromatic carbocycles. The third-order valence-corrected chi connectivity index (χ3v) is 9.21. The Morgan fingerprint density at radius 2 is 1.26 bits per heavy atom. The molecule has 2 aliphatic heterocycles. The smallest absolute Gasteiger partial charge is 0.120 e. The van der Waals surface area contributed by atoms with Crippen LogP contribution < -0.4 is 9.80 Å². The maximum absolute atomic E-state index is 13.2. The summed E-state index contributed by atoms with van der Waals surface area (Å²) in [5.41, 5.74) is 11.3. The topological polar surface area (TPSA) is 43.2 Å². The van der Waals surface area contributed by atoms with Crippen LogP contribution >= 0.6 is 0 Å². The standard InChI is InChI=1S/C26H28F2N4.C14H12N3.Ir/c1-19-21(3)31(25-11-7-23(27)8-12-25)17-29(19)15-5-6-16-30-18-32(22(4)20(30)2)26-13-9-24(28)10-14-26;1-10-11(2)17-9-8-15-13(14(17)16-10)12-6-4-3-5-7-12;/h7-11,13,17-18H,5-6,15-16H2,1-4H3;3-6,8-9H,1-2H3;/q-4;-1;. The third kappa shape index (κ3) is 7.77. The van der Waals surface area contributed by atoms with Crippen LogP contribution in [0.4, 0.5) is 20.2 Å². The van der Waals surface area contributed by atoms with Crippen LogP contribution in [0, 0.1) is 57.0 Å². The molecular formula is C40H40F2IrN7-5. The summed E-state index contributed by atoms with van der Waals surface area (Å²) in [7, 11) is 0. The van der Waals surface area contributed by atoms with Crippen LogP contribution in [-0.2, 0) is 20.1 Å². The van der Waals surface area contributed by atoms with Gasteiger partial charge in [0.2, 0.25) is 0 Å². The molecule has 5 aromatic rings. The van der Waals surface area contributed by atoms with Crippen molar-refractivity contribution < 1.29 is 28.9 Å². The van der Waals surface area contributed by atoms with Crippen molar-refractivity contribution in [1.82, 2.24) is 24.2 Å². The van der Waals surface area contributed by atoms with Gasteiger partial charge in [-0.05, 0) is 78.9 Å². The number of hydrogen-bond acceptors (Lipinski definition) is 6. The van der Waals surface area contributed by atoms with E-state index in [1.54, 1.807) is 18.3 Å². The number of aromatic nitrogens is 3. The minimum atomic E-state index is -0.280. The van der Waals surface area contributed by atoms with Crippen LogP contribution in [0.5, 0.6) is 0 Å². The molecule has 0 unspecified atom stereocenters. The average molecular weight is 849 g/mol. The van der Waals surface area contributed by atoms with Gasteiger partial charge in [0.05, 0.1) is 5.69 Å². The average Bonchev–Trinajstić information content (AvgIpc) is 3.69. The van der Waals surface area contributed by atoms with Gasteiger partial charge < -0.3 is 24.0 Å². The molecule has 0 saturated heterocycles. The predicted octanol–water partition coefficient (Wildman–Crippen LogP) is 8.84. The fourth-order valence-corrected chi connectivity index (χ4v) is 5.92. The van der Waals surface area contributed by atoms with E-state index in [4.69, 9.17) is 0 Å². The van der Waals surface area contributed by atoms with E-state index < -0.39 is 0 Å². The van der Waals surface area contributed by atoms with E-state index in [0.29, 0.717) is 0 Å². The number of aryl methyl sites for hydroxylation is 2. The number of halogens is 2. The number of nitrogens with zero attached hydrogens (tertiary/aromatic N) is 7. The van der Waals surface area contributed by atoms with Crippen molar-refractivity contribution in [3.05, 3.63) is 150 Å². The molecule has 0 atom stereocenters. The van der Waals surface area contributed by atoms with Crippen molar-refractivity contribution in [3.63, 3.8) is 0 Å². The van der Waals surface area contributed by atoms with Gasteiger partial charge in [0.25, 0.3) is 0 Å². The van der Waals surface area contributed by atoms with Gasteiger partial charge in [-0.3, -0.25) is 13.8 Å². The Balaban J connectivity index is 0.000000227. The molecule has 0 spiro atoms. The number of fused-ring (bicyclic) bond motifs is 1. The Morgan fingerprint density at radius 3 is 1.74 bits per heavy atom. The van der Waals surface area contributed by atoms with Crippen LogP contribution in [0.3, 0.4) is 0 Å². The zero-order valence-electron chi connectivity index (χ0n) is 29.1. The second kappa shape index (κ2) is 16.0. The summed E-state index contributed by atoms with van der Waals surface area (Å²) >= 11 is 0. The number of imidazole rings is 1.